The van der Waals surface area contributed by atoms with E-state index in [2.05, 4.69) is 10.2 Å². The molecule has 0 N–H and O–H groups in total. The van der Waals surface area contributed by atoms with Gasteiger partial charge in [-0.2, -0.15) is 0 Å². The van der Waals surface area contributed by atoms with Crippen molar-refractivity contribution in [2.24, 2.45) is 0 Å². The molecule has 3 aromatic rings. The van der Waals surface area contributed by atoms with Crippen molar-refractivity contribution in [1.29, 1.82) is 0 Å². The van der Waals surface area contributed by atoms with Gasteiger partial charge in [0.25, 0.3) is 5.56 Å². The van der Waals surface area contributed by atoms with Crippen molar-refractivity contribution in [2.75, 3.05) is 19.0 Å². The molecule has 0 saturated carbocycles. The normalized spacial score (nSPS) is 12.0. The first-order chi connectivity index (χ1) is 13.8. The van der Waals surface area contributed by atoms with E-state index in [1.807, 2.05) is 50.3 Å². The van der Waals surface area contributed by atoms with Crippen LogP contribution in [0.4, 0.5) is 0 Å². The van der Waals surface area contributed by atoms with Crippen LogP contribution in [0, 0.1) is 0 Å². The van der Waals surface area contributed by atoms with E-state index in [0.29, 0.717) is 48.0 Å². The third-order valence-electron chi connectivity index (χ3n) is 4.09. The van der Waals surface area contributed by atoms with Crippen LogP contribution in [-0.4, -0.2) is 49.7 Å². The summed E-state index contributed by atoms with van der Waals surface area (Å²) >= 11 is 1.24. The van der Waals surface area contributed by atoms with Crippen molar-refractivity contribution in [3.8, 4) is 0 Å². The average Bonchev–Trinajstić information content (AvgIpc) is 3.08. The summed E-state index contributed by atoms with van der Waals surface area (Å²) in [4.78, 5) is 25.1. The first-order valence-corrected chi connectivity index (χ1v) is 10.6. The molecule has 0 aliphatic rings. The highest BCUT2D eigenvalue weighted by atomic mass is 32.2. The minimum atomic E-state index is -0.543. The Hall–Kier alpha value is -2.39. The van der Waals surface area contributed by atoms with Crippen molar-refractivity contribution in [3.63, 3.8) is 0 Å². The summed E-state index contributed by atoms with van der Waals surface area (Å²) in [5.74, 6) is 0.237. The standard InChI is InChI=1S/C20H26N4O4S/c1-5-27-12-8-11-23-17(26)14-9-6-7-10-15(14)24-18(23)21-22-19(24)29-13-16(25)28-20(2,3)4/h6-7,9-10H,5,8,11-13H2,1-4H3. The fourth-order valence-corrected chi connectivity index (χ4v) is 3.71. The molecule has 0 unspecified atom stereocenters. The van der Waals surface area contributed by atoms with Gasteiger partial charge in [-0.05, 0) is 46.2 Å². The van der Waals surface area contributed by atoms with Gasteiger partial charge < -0.3 is 9.47 Å². The molecule has 0 aliphatic carbocycles. The summed E-state index contributed by atoms with van der Waals surface area (Å²) < 4.78 is 14.2. The Morgan fingerprint density at radius 1 is 1.21 bits per heavy atom. The molecule has 2 aromatic heterocycles. The Balaban J connectivity index is 1.97. The van der Waals surface area contributed by atoms with E-state index in [-0.39, 0.29) is 17.3 Å². The molecule has 0 aliphatic heterocycles. The fraction of sp³-hybridized carbons (Fsp3) is 0.500. The summed E-state index contributed by atoms with van der Waals surface area (Å²) in [6.07, 6.45) is 0.689. The number of carbonyl (C=O) groups is 1. The second-order valence-corrected chi connectivity index (χ2v) is 8.46. The molecule has 0 spiro atoms. The number of carbonyl (C=O) groups excluding carboxylic acids is 1. The van der Waals surface area contributed by atoms with Gasteiger partial charge >= 0.3 is 5.97 Å². The Morgan fingerprint density at radius 3 is 2.69 bits per heavy atom. The molecule has 29 heavy (non-hydrogen) atoms. The van der Waals surface area contributed by atoms with Crippen LogP contribution in [0.1, 0.15) is 34.1 Å². The van der Waals surface area contributed by atoms with E-state index in [1.165, 1.54) is 11.8 Å². The molecule has 0 bridgehead atoms. The lowest BCUT2D eigenvalue weighted by atomic mass is 10.2. The molecule has 1 aromatic carbocycles. The van der Waals surface area contributed by atoms with Gasteiger partial charge in [-0.25, -0.2) is 0 Å². The topological polar surface area (TPSA) is 87.7 Å². The third-order valence-corrected chi connectivity index (χ3v) is 4.99. The Bertz CT molecular complexity index is 1070. The van der Waals surface area contributed by atoms with Crippen molar-refractivity contribution in [1.82, 2.24) is 19.2 Å². The highest BCUT2D eigenvalue weighted by Gasteiger charge is 2.20. The van der Waals surface area contributed by atoms with E-state index in [1.54, 1.807) is 10.6 Å². The molecule has 9 heteroatoms. The van der Waals surface area contributed by atoms with E-state index in [9.17, 15) is 9.59 Å². The van der Waals surface area contributed by atoms with Crippen LogP contribution >= 0.6 is 11.8 Å². The van der Waals surface area contributed by atoms with Crippen molar-refractivity contribution >= 4 is 34.4 Å². The number of fused-ring (bicyclic) bond motifs is 3. The first kappa shape index (κ1) is 21.3. The lowest BCUT2D eigenvalue weighted by Crippen LogP contribution is -2.25. The van der Waals surface area contributed by atoms with Crippen LogP contribution in [0.3, 0.4) is 0 Å². The second kappa shape index (κ2) is 8.96. The van der Waals surface area contributed by atoms with Gasteiger partial charge in [0, 0.05) is 19.8 Å². The summed E-state index contributed by atoms with van der Waals surface area (Å²) in [6.45, 7) is 9.10. The number of rotatable bonds is 8. The maximum atomic E-state index is 13.0. The van der Waals surface area contributed by atoms with Crippen LogP contribution in [-0.2, 0) is 20.8 Å². The van der Waals surface area contributed by atoms with Crippen LogP contribution in [0.15, 0.2) is 34.2 Å². The Kier molecular flexibility index (Phi) is 6.59. The molecule has 2 heterocycles. The molecule has 0 atom stereocenters. The predicted molar refractivity (Wildman–Crippen MR) is 112 cm³/mol. The monoisotopic (exact) mass is 418 g/mol. The summed E-state index contributed by atoms with van der Waals surface area (Å²) in [5.41, 5.74) is 0.0594. The van der Waals surface area contributed by atoms with E-state index in [0.717, 1.165) is 0 Å². The Morgan fingerprint density at radius 2 is 1.97 bits per heavy atom. The van der Waals surface area contributed by atoms with Crippen molar-refractivity contribution in [3.05, 3.63) is 34.6 Å². The van der Waals surface area contributed by atoms with Gasteiger partial charge in [-0.1, -0.05) is 23.9 Å². The number of aromatic nitrogens is 4. The van der Waals surface area contributed by atoms with Crippen molar-refractivity contribution < 1.29 is 14.3 Å². The number of ether oxygens (including phenoxy) is 2. The van der Waals surface area contributed by atoms with Gasteiger partial charge in [0.1, 0.15) is 5.60 Å². The zero-order valence-electron chi connectivity index (χ0n) is 17.2. The zero-order valence-corrected chi connectivity index (χ0v) is 18.0. The molecular weight excluding hydrogens is 392 g/mol. The quantitative estimate of drug-likeness (QED) is 0.316. The number of thioether (sulfide) groups is 1. The van der Waals surface area contributed by atoms with Crippen LogP contribution in [0.5, 0.6) is 0 Å². The molecule has 0 amide bonds. The third kappa shape index (κ3) is 4.97. The lowest BCUT2D eigenvalue weighted by Gasteiger charge is -2.19. The van der Waals surface area contributed by atoms with E-state index in [4.69, 9.17) is 9.47 Å². The largest absolute Gasteiger partial charge is 0.459 e. The van der Waals surface area contributed by atoms with Crippen molar-refractivity contribution in [2.45, 2.75) is 51.4 Å². The molecular formula is C20H26N4O4S. The molecule has 0 radical (unpaired) electrons. The summed E-state index contributed by atoms with van der Waals surface area (Å²) in [7, 11) is 0. The number of esters is 1. The number of hydrogen-bond donors (Lipinski definition) is 0. The number of hydrogen-bond acceptors (Lipinski definition) is 7. The predicted octanol–water partition coefficient (Wildman–Crippen LogP) is 2.90. The van der Waals surface area contributed by atoms with Crippen LogP contribution in [0.2, 0.25) is 0 Å². The van der Waals surface area contributed by atoms with Crippen LogP contribution in [0.25, 0.3) is 16.7 Å². The number of benzene rings is 1. The lowest BCUT2D eigenvalue weighted by molar-refractivity contribution is -0.151. The summed E-state index contributed by atoms with van der Waals surface area (Å²) in [5, 5.41) is 9.60. The second-order valence-electron chi connectivity index (χ2n) is 7.52. The highest BCUT2D eigenvalue weighted by molar-refractivity contribution is 7.99. The van der Waals surface area contributed by atoms with Crippen LogP contribution < -0.4 is 5.56 Å². The maximum Gasteiger partial charge on any atom is 0.316 e. The minimum Gasteiger partial charge on any atom is -0.459 e. The molecule has 8 nitrogen and oxygen atoms in total. The minimum absolute atomic E-state index is 0.107. The summed E-state index contributed by atoms with van der Waals surface area (Å²) in [6, 6.07) is 7.34. The fourth-order valence-electron chi connectivity index (χ4n) is 2.99. The SMILES string of the molecule is CCOCCCn1c(=O)c2ccccc2n2c(SCC(=O)OC(C)(C)C)nnc12. The first-order valence-electron chi connectivity index (χ1n) is 9.61. The molecule has 156 valence electrons. The maximum absolute atomic E-state index is 13.0. The van der Waals surface area contributed by atoms with Gasteiger partial charge in [0.05, 0.1) is 16.7 Å². The molecule has 3 rings (SSSR count). The number of para-hydroxylation sites is 1. The van der Waals surface area contributed by atoms with E-state index >= 15 is 0 Å². The highest BCUT2D eigenvalue weighted by Crippen LogP contribution is 2.22. The zero-order chi connectivity index (χ0) is 21.0. The smallest absolute Gasteiger partial charge is 0.316 e. The van der Waals surface area contributed by atoms with Gasteiger partial charge in [-0.15, -0.1) is 10.2 Å². The Labute approximate surface area is 173 Å². The van der Waals surface area contributed by atoms with Gasteiger partial charge in [0.15, 0.2) is 5.16 Å². The number of nitrogens with zero attached hydrogens (tertiary/aromatic N) is 4. The van der Waals surface area contributed by atoms with Gasteiger partial charge in [-0.3, -0.25) is 18.6 Å². The number of aryl methyl sites for hydroxylation is 1. The molecule has 0 saturated heterocycles. The average molecular weight is 419 g/mol. The van der Waals surface area contributed by atoms with E-state index < -0.39 is 5.60 Å². The molecule has 0 fully saturated rings. The van der Waals surface area contributed by atoms with Gasteiger partial charge in [0.2, 0.25) is 5.78 Å².